The maximum atomic E-state index is 11.6. The Hall–Kier alpha value is -0.570. The molecule has 0 heterocycles. The predicted molar refractivity (Wildman–Crippen MR) is 87.7 cm³/mol. The number of nitrogens with two attached hydrogens (primary N) is 1. The van der Waals surface area contributed by atoms with E-state index in [1.54, 1.807) is 0 Å². The van der Waals surface area contributed by atoms with Crippen molar-refractivity contribution in [1.29, 1.82) is 0 Å². The summed E-state index contributed by atoms with van der Waals surface area (Å²) in [5.41, 5.74) is 5.78. The average molecular weight is 284 g/mol. The minimum Gasteiger partial charge on any atom is -0.355 e. The molecule has 0 bridgehead atoms. The summed E-state index contributed by atoms with van der Waals surface area (Å²) in [7, 11) is 0. The molecule has 20 heavy (non-hydrogen) atoms. The maximum Gasteiger partial charge on any atom is 0.237 e. The molecule has 0 saturated carbocycles. The van der Waals surface area contributed by atoms with Crippen LogP contribution in [0.15, 0.2) is 0 Å². The molecule has 0 spiro atoms. The maximum absolute atomic E-state index is 11.6. The van der Waals surface area contributed by atoms with E-state index in [-0.39, 0.29) is 17.9 Å². The normalized spacial score (nSPS) is 12.7. The monoisotopic (exact) mass is 284 g/mol. The molecular weight excluding hydrogens is 248 g/mol. The van der Waals surface area contributed by atoms with Gasteiger partial charge in [-0.05, 0) is 12.3 Å². The number of carbonyl (C=O) groups is 1. The van der Waals surface area contributed by atoms with Crippen LogP contribution in [0.1, 0.15) is 85.0 Å². The first-order chi connectivity index (χ1) is 9.59. The van der Waals surface area contributed by atoms with Crippen molar-refractivity contribution in [3.8, 4) is 0 Å². The largest absolute Gasteiger partial charge is 0.355 e. The molecular formula is C17H36N2O. The molecule has 1 atom stereocenters. The second kappa shape index (κ2) is 13.4. The highest BCUT2D eigenvalue weighted by Gasteiger charge is 2.15. The Morgan fingerprint density at radius 1 is 0.900 bits per heavy atom. The fraction of sp³-hybridized carbons (Fsp3) is 0.941. The molecule has 0 radical (unpaired) electrons. The van der Waals surface area contributed by atoms with Crippen LogP contribution in [0.2, 0.25) is 0 Å². The van der Waals surface area contributed by atoms with Gasteiger partial charge in [0.05, 0.1) is 6.04 Å². The summed E-state index contributed by atoms with van der Waals surface area (Å²) in [5.74, 6) is 0.207. The van der Waals surface area contributed by atoms with Crippen molar-refractivity contribution < 1.29 is 4.79 Å². The quantitative estimate of drug-likeness (QED) is 0.502. The molecule has 120 valence electrons. The van der Waals surface area contributed by atoms with Crippen LogP contribution in [0.4, 0.5) is 0 Å². The van der Waals surface area contributed by atoms with Gasteiger partial charge in [0.25, 0.3) is 0 Å². The standard InChI is InChI=1S/C17H36N2O/c1-4-5-6-7-8-9-10-11-12-13-14-19-17(20)16(18)15(2)3/h15-16H,4-14,18H2,1-3H3,(H,19,20)/t16-/m0/s1. The van der Waals surface area contributed by atoms with E-state index in [1.165, 1.54) is 57.8 Å². The molecule has 0 saturated heterocycles. The van der Waals surface area contributed by atoms with Crippen LogP contribution in [-0.4, -0.2) is 18.5 Å². The van der Waals surface area contributed by atoms with Gasteiger partial charge in [-0.1, -0.05) is 78.6 Å². The third kappa shape index (κ3) is 11.3. The molecule has 0 aliphatic rings. The SMILES string of the molecule is CCCCCCCCCCCCNC(=O)[C@@H](N)C(C)C. The lowest BCUT2D eigenvalue weighted by Crippen LogP contribution is -2.44. The van der Waals surface area contributed by atoms with Crippen molar-refractivity contribution in [1.82, 2.24) is 5.32 Å². The second-order valence-electron chi connectivity index (χ2n) is 6.24. The summed E-state index contributed by atoms with van der Waals surface area (Å²) >= 11 is 0. The van der Waals surface area contributed by atoms with Gasteiger partial charge in [0.1, 0.15) is 0 Å². The second-order valence-corrected chi connectivity index (χ2v) is 6.24. The number of hydrogen-bond acceptors (Lipinski definition) is 2. The minimum atomic E-state index is -0.363. The Kier molecular flexibility index (Phi) is 13.0. The summed E-state index contributed by atoms with van der Waals surface area (Å²) in [6.45, 7) is 6.98. The Labute approximate surface area is 126 Å². The van der Waals surface area contributed by atoms with Gasteiger partial charge in [-0.2, -0.15) is 0 Å². The van der Waals surface area contributed by atoms with E-state index in [1.807, 2.05) is 13.8 Å². The Morgan fingerprint density at radius 2 is 1.35 bits per heavy atom. The molecule has 0 aromatic rings. The number of hydrogen-bond donors (Lipinski definition) is 2. The minimum absolute atomic E-state index is 0.00377. The Balaban J connectivity index is 3.23. The smallest absolute Gasteiger partial charge is 0.237 e. The third-order valence-electron chi connectivity index (χ3n) is 3.85. The highest BCUT2D eigenvalue weighted by molar-refractivity contribution is 5.81. The molecule has 0 unspecified atom stereocenters. The fourth-order valence-corrected chi connectivity index (χ4v) is 2.24. The predicted octanol–water partition coefficient (Wildman–Crippen LogP) is 4.01. The first-order valence-corrected chi connectivity index (χ1v) is 8.62. The van der Waals surface area contributed by atoms with Gasteiger partial charge in [0.2, 0.25) is 5.91 Å². The molecule has 0 fully saturated rings. The summed E-state index contributed by atoms with van der Waals surface area (Å²) in [6, 6.07) is -0.363. The van der Waals surface area contributed by atoms with E-state index in [2.05, 4.69) is 12.2 Å². The van der Waals surface area contributed by atoms with Crippen LogP contribution in [0, 0.1) is 5.92 Å². The number of amides is 1. The van der Waals surface area contributed by atoms with Gasteiger partial charge >= 0.3 is 0 Å². The van der Waals surface area contributed by atoms with Gasteiger partial charge in [-0.3, -0.25) is 4.79 Å². The zero-order valence-corrected chi connectivity index (χ0v) is 13.9. The van der Waals surface area contributed by atoms with Gasteiger partial charge < -0.3 is 11.1 Å². The van der Waals surface area contributed by atoms with Gasteiger partial charge in [-0.25, -0.2) is 0 Å². The molecule has 0 rings (SSSR count). The van der Waals surface area contributed by atoms with Gasteiger partial charge in [0, 0.05) is 6.54 Å². The van der Waals surface area contributed by atoms with Crippen molar-refractivity contribution in [3.63, 3.8) is 0 Å². The lowest BCUT2D eigenvalue weighted by atomic mass is 10.0. The van der Waals surface area contributed by atoms with Crippen molar-refractivity contribution in [3.05, 3.63) is 0 Å². The number of carbonyl (C=O) groups excluding carboxylic acids is 1. The molecule has 3 heteroatoms. The van der Waals surface area contributed by atoms with E-state index in [4.69, 9.17) is 5.73 Å². The van der Waals surface area contributed by atoms with Crippen molar-refractivity contribution in [2.24, 2.45) is 11.7 Å². The lowest BCUT2D eigenvalue weighted by Gasteiger charge is -2.15. The summed E-state index contributed by atoms with van der Waals surface area (Å²) in [4.78, 5) is 11.6. The molecule has 0 aromatic heterocycles. The van der Waals surface area contributed by atoms with Crippen LogP contribution >= 0.6 is 0 Å². The van der Waals surface area contributed by atoms with Crippen LogP contribution in [0.3, 0.4) is 0 Å². The van der Waals surface area contributed by atoms with Crippen LogP contribution in [0.25, 0.3) is 0 Å². The van der Waals surface area contributed by atoms with Crippen molar-refractivity contribution in [2.75, 3.05) is 6.54 Å². The molecule has 0 aromatic carbocycles. The lowest BCUT2D eigenvalue weighted by molar-refractivity contribution is -0.123. The van der Waals surface area contributed by atoms with Gasteiger partial charge in [-0.15, -0.1) is 0 Å². The molecule has 0 aliphatic heterocycles. The highest BCUT2D eigenvalue weighted by atomic mass is 16.2. The highest BCUT2D eigenvalue weighted by Crippen LogP contribution is 2.10. The summed E-state index contributed by atoms with van der Waals surface area (Å²) in [5, 5.41) is 2.93. The van der Waals surface area contributed by atoms with E-state index in [9.17, 15) is 4.79 Å². The van der Waals surface area contributed by atoms with Gasteiger partial charge in [0.15, 0.2) is 0 Å². The van der Waals surface area contributed by atoms with E-state index >= 15 is 0 Å². The zero-order chi connectivity index (χ0) is 15.2. The van der Waals surface area contributed by atoms with Crippen LogP contribution in [0.5, 0.6) is 0 Å². The first-order valence-electron chi connectivity index (χ1n) is 8.62. The summed E-state index contributed by atoms with van der Waals surface area (Å²) in [6.07, 6.45) is 13.2. The first kappa shape index (κ1) is 19.4. The molecule has 3 N–H and O–H groups in total. The zero-order valence-electron chi connectivity index (χ0n) is 13.9. The van der Waals surface area contributed by atoms with Crippen LogP contribution < -0.4 is 11.1 Å². The average Bonchev–Trinajstić information content (AvgIpc) is 2.43. The number of unbranched alkanes of at least 4 members (excludes halogenated alkanes) is 9. The van der Waals surface area contributed by atoms with Crippen molar-refractivity contribution in [2.45, 2.75) is 91.0 Å². The van der Waals surface area contributed by atoms with Crippen LogP contribution in [-0.2, 0) is 4.79 Å². The summed E-state index contributed by atoms with van der Waals surface area (Å²) < 4.78 is 0. The van der Waals surface area contributed by atoms with E-state index in [0.717, 1.165) is 13.0 Å². The fourth-order valence-electron chi connectivity index (χ4n) is 2.24. The van der Waals surface area contributed by atoms with E-state index in [0.29, 0.717) is 0 Å². The third-order valence-corrected chi connectivity index (χ3v) is 3.85. The van der Waals surface area contributed by atoms with Crippen molar-refractivity contribution >= 4 is 5.91 Å². The topological polar surface area (TPSA) is 55.1 Å². The number of rotatable bonds is 13. The Morgan fingerprint density at radius 3 is 1.80 bits per heavy atom. The Bertz CT molecular complexity index is 229. The molecule has 3 nitrogen and oxygen atoms in total. The molecule has 0 aliphatic carbocycles. The number of nitrogens with one attached hydrogen (secondary N) is 1. The van der Waals surface area contributed by atoms with E-state index < -0.39 is 0 Å². The molecule has 1 amide bonds.